The molecule has 0 atom stereocenters. The van der Waals surface area contributed by atoms with Gasteiger partial charge in [-0.1, -0.05) is 6.08 Å². The number of ketones is 2. The van der Waals surface area contributed by atoms with Crippen LogP contribution in [-0.4, -0.2) is 11.6 Å². The van der Waals surface area contributed by atoms with E-state index in [1.165, 1.54) is 6.08 Å². The topological polar surface area (TPSA) is 34.1 Å². The van der Waals surface area contributed by atoms with E-state index in [9.17, 15) is 9.59 Å². The largest absolute Gasteiger partial charge is 0.290 e. The van der Waals surface area contributed by atoms with E-state index < -0.39 is 0 Å². The van der Waals surface area contributed by atoms with E-state index in [2.05, 4.69) is 6.58 Å². The fraction of sp³-hybridized carbons (Fsp3) is 0.273. The van der Waals surface area contributed by atoms with Crippen molar-refractivity contribution >= 4 is 11.6 Å². The number of hydrogen-bond donors (Lipinski definition) is 0. The molecule has 68 valence electrons. The molecule has 0 heterocycles. The molecule has 2 nitrogen and oxygen atoms in total. The minimum absolute atomic E-state index is 0.0306. The van der Waals surface area contributed by atoms with Crippen LogP contribution in [0.5, 0.6) is 0 Å². The molecule has 13 heavy (non-hydrogen) atoms. The zero-order valence-corrected chi connectivity index (χ0v) is 7.89. The fourth-order valence-corrected chi connectivity index (χ4v) is 1.24. The Morgan fingerprint density at radius 2 is 1.92 bits per heavy atom. The number of carbonyl (C=O) groups is 2. The van der Waals surface area contributed by atoms with Gasteiger partial charge in [0.25, 0.3) is 0 Å². The SMILES string of the molecule is C=CCC1=CC(=O)C(C)=C(C)C1=O. The van der Waals surface area contributed by atoms with Gasteiger partial charge in [0.1, 0.15) is 0 Å². The van der Waals surface area contributed by atoms with Gasteiger partial charge in [-0.05, 0) is 26.3 Å². The molecule has 0 saturated heterocycles. The minimum atomic E-state index is -0.0612. The van der Waals surface area contributed by atoms with E-state index in [1.54, 1.807) is 19.9 Å². The van der Waals surface area contributed by atoms with Crippen molar-refractivity contribution in [1.29, 1.82) is 0 Å². The van der Waals surface area contributed by atoms with Crippen LogP contribution in [0.15, 0.2) is 35.5 Å². The Morgan fingerprint density at radius 1 is 1.31 bits per heavy atom. The number of carbonyl (C=O) groups excluding carboxylic acids is 2. The average Bonchev–Trinajstić information content (AvgIpc) is 2.11. The summed E-state index contributed by atoms with van der Waals surface area (Å²) in [6.45, 7) is 6.90. The maximum absolute atomic E-state index is 11.5. The van der Waals surface area contributed by atoms with E-state index in [1.807, 2.05) is 0 Å². The molecular weight excluding hydrogens is 164 g/mol. The second-order valence-electron chi connectivity index (χ2n) is 3.11. The van der Waals surface area contributed by atoms with E-state index in [0.717, 1.165) is 0 Å². The molecular formula is C11H12O2. The molecule has 1 rings (SSSR count). The van der Waals surface area contributed by atoms with Crippen LogP contribution in [0.3, 0.4) is 0 Å². The summed E-state index contributed by atoms with van der Waals surface area (Å²) in [6, 6.07) is 0. The van der Waals surface area contributed by atoms with Crippen molar-refractivity contribution in [3.63, 3.8) is 0 Å². The van der Waals surface area contributed by atoms with Crippen LogP contribution in [0.1, 0.15) is 20.3 Å². The summed E-state index contributed by atoms with van der Waals surface area (Å²) in [6.07, 6.45) is 3.51. The second kappa shape index (κ2) is 3.52. The highest BCUT2D eigenvalue weighted by atomic mass is 16.1. The van der Waals surface area contributed by atoms with Gasteiger partial charge in [0.2, 0.25) is 0 Å². The first-order valence-corrected chi connectivity index (χ1v) is 4.16. The lowest BCUT2D eigenvalue weighted by atomic mass is 9.90. The van der Waals surface area contributed by atoms with E-state index >= 15 is 0 Å². The highest BCUT2D eigenvalue weighted by Crippen LogP contribution is 2.20. The molecule has 1 aliphatic rings. The lowest BCUT2D eigenvalue weighted by Gasteiger charge is -2.12. The molecule has 0 radical (unpaired) electrons. The Hall–Kier alpha value is -1.44. The molecule has 0 aromatic rings. The summed E-state index contributed by atoms with van der Waals surface area (Å²) in [7, 11) is 0. The average molecular weight is 176 g/mol. The van der Waals surface area contributed by atoms with E-state index in [4.69, 9.17) is 0 Å². The lowest BCUT2D eigenvalue weighted by Crippen LogP contribution is -2.16. The first-order chi connectivity index (χ1) is 6.07. The van der Waals surface area contributed by atoms with Crippen LogP contribution in [0, 0.1) is 0 Å². The van der Waals surface area contributed by atoms with E-state index in [0.29, 0.717) is 23.1 Å². The summed E-state index contributed by atoms with van der Waals surface area (Å²) in [5.41, 5.74) is 1.66. The van der Waals surface area contributed by atoms with Crippen LogP contribution < -0.4 is 0 Å². The van der Waals surface area contributed by atoms with Gasteiger partial charge in [-0.2, -0.15) is 0 Å². The Labute approximate surface area is 77.6 Å². The summed E-state index contributed by atoms with van der Waals surface area (Å²) < 4.78 is 0. The third-order valence-corrected chi connectivity index (χ3v) is 2.23. The van der Waals surface area contributed by atoms with Gasteiger partial charge in [-0.15, -0.1) is 6.58 Å². The van der Waals surface area contributed by atoms with Crippen LogP contribution in [-0.2, 0) is 9.59 Å². The monoisotopic (exact) mass is 176 g/mol. The number of Topliss-reactive ketones (excluding diaryl/α,β-unsaturated/α-hetero) is 1. The predicted molar refractivity (Wildman–Crippen MR) is 51.3 cm³/mol. The van der Waals surface area contributed by atoms with Crippen LogP contribution in [0.2, 0.25) is 0 Å². The number of allylic oxidation sites excluding steroid dienone is 5. The number of hydrogen-bond acceptors (Lipinski definition) is 2. The second-order valence-corrected chi connectivity index (χ2v) is 3.11. The lowest BCUT2D eigenvalue weighted by molar-refractivity contribution is -0.115. The molecule has 0 aromatic carbocycles. The zero-order valence-electron chi connectivity index (χ0n) is 7.89. The van der Waals surface area contributed by atoms with Crippen molar-refractivity contribution < 1.29 is 9.59 Å². The first kappa shape index (κ1) is 9.65. The third kappa shape index (κ3) is 1.66. The molecule has 1 aliphatic carbocycles. The number of rotatable bonds is 2. The maximum Gasteiger partial charge on any atom is 0.185 e. The molecule has 0 amide bonds. The van der Waals surface area contributed by atoms with Crippen molar-refractivity contribution in [2.75, 3.05) is 0 Å². The Kier molecular flexibility index (Phi) is 2.61. The van der Waals surface area contributed by atoms with Gasteiger partial charge in [0.15, 0.2) is 11.6 Å². The molecule has 0 aromatic heterocycles. The van der Waals surface area contributed by atoms with Crippen molar-refractivity contribution in [2.24, 2.45) is 0 Å². The normalized spacial score (nSPS) is 17.5. The van der Waals surface area contributed by atoms with Gasteiger partial charge >= 0.3 is 0 Å². The Bertz CT molecular complexity index is 343. The summed E-state index contributed by atoms with van der Waals surface area (Å²) >= 11 is 0. The van der Waals surface area contributed by atoms with Gasteiger partial charge in [0, 0.05) is 16.7 Å². The predicted octanol–water partition coefficient (Wildman–Crippen LogP) is 1.98. The molecule has 0 spiro atoms. The standard InChI is InChI=1S/C11H12O2/c1-4-5-9-6-10(12)7(2)8(3)11(9)13/h4,6H,1,5H2,2-3H3. The quantitative estimate of drug-likeness (QED) is 0.476. The maximum atomic E-state index is 11.5. The Morgan fingerprint density at radius 3 is 2.46 bits per heavy atom. The van der Waals surface area contributed by atoms with E-state index in [-0.39, 0.29) is 11.6 Å². The Balaban J connectivity index is 3.07. The van der Waals surface area contributed by atoms with Crippen molar-refractivity contribution in [1.82, 2.24) is 0 Å². The zero-order chi connectivity index (χ0) is 10.0. The van der Waals surface area contributed by atoms with Crippen LogP contribution >= 0.6 is 0 Å². The fourth-order valence-electron chi connectivity index (χ4n) is 1.24. The van der Waals surface area contributed by atoms with Crippen LogP contribution in [0.25, 0.3) is 0 Å². The van der Waals surface area contributed by atoms with Crippen molar-refractivity contribution in [3.05, 3.63) is 35.5 Å². The van der Waals surface area contributed by atoms with Gasteiger partial charge in [-0.25, -0.2) is 0 Å². The minimum Gasteiger partial charge on any atom is -0.290 e. The highest BCUT2D eigenvalue weighted by molar-refractivity contribution is 6.22. The molecule has 0 N–H and O–H groups in total. The van der Waals surface area contributed by atoms with Gasteiger partial charge < -0.3 is 0 Å². The highest BCUT2D eigenvalue weighted by Gasteiger charge is 2.21. The van der Waals surface area contributed by atoms with Crippen molar-refractivity contribution in [3.8, 4) is 0 Å². The molecule has 0 fully saturated rings. The summed E-state index contributed by atoms with van der Waals surface area (Å²) in [4.78, 5) is 22.9. The smallest absolute Gasteiger partial charge is 0.185 e. The van der Waals surface area contributed by atoms with Gasteiger partial charge in [-0.3, -0.25) is 9.59 Å². The third-order valence-electron chi connectivity index (χ3n) is 2.23. The van der Waals surface area contributed by atoms with Gasteiger partial charge in [0.05, 0.1) is 0 Å². The molecule has 0 bridgehead atoms. The summed E-state index contributed by atoms with van der Waals surface area (Å²) in [5, 5.41) is 0. The first-order valence-electron chi connectivity index (χ1n) is 4.16. The molecule has 2 heteroatoms. The van der Waals surface area contributed by atoms with Crippen molar-refractivity contribution in [2.45, 2.75) is 20.3 Å². The molecule has 0 aliphatic heterocycles. The molecule has 0 unspecified atom stereocenters. The van der Waals surface area contributed by atoms with Crippen LogP contribution in [0.4, 0.5) is 0 Å². The molecule has 0 saturated carbocycles. The summed E-state index contributed by atoms with van der Waals surface area (Å²) in [5.74, 6) is -0.0917.